The van der Waals surface area contributed by atoms with E-state index in [0.29, 0.717) is 0 Å². The van der Waals surface area contributed by atoms with Gasteiger partial charge in [0.05, 0.1) is 5.69 Å². The second kappa shape index (κ2) is 5.07. The first-order valence-corrected chi connectivity index (χ1v) is 5.78. The molecule has 2 heterocycles. The monoisotopic (exact) mass is 231 g/mol. The van der Waals surface area contributed by atoms with Gasteiger partial charge >= 0.3 is 0 Å². The third-order valence-corrected chi connectivity index (χ3v) is 2.42. The third kappa shape index (κ3) is 2.58. The van der Waals surface area contributed by atoms with Gasteiger partial charge in [0.15, 0.2) is 0 Å². The number of nitrogens with zero attached hydrogens (tertiary/aromatic N) is 3. The fourth-order valence-electron chi connectivity index (χ4n) is 1.50. The zero-order valence-corrected chi connectivity index (χ0v) is 9.98. The molecule has 0 amide bonds. The number of aryl methyl sites for hydroxylation is 2. The van der Waals surface area contributed by atoms with Gasteiger partial charge in [-0.15, -0.1) is 0 Å². The van der Waals surface area contributed by atoms with Crippen LogP contribution < -0.4 is 0 Å². The summed E-state index contributed by atoms with van der Waals surface area (Å²) in [5, 5.41) is 0. The Hall–Kier alpha value is -1.42. The first-order chi connectivity index (χ1) is 7.79. The fourth-order valence-corrected chi connectivity index (χ4v) is 1.70. The highest BCUT2D eigenvalue weighted by atomic mass is 32.1. The second-order valence-electron chi connectivity index (χ2n) is 3.53. The molecular formula is C12H13N3S. The topological polar surface area (TPSA) is 38.7 Å². The van der Waals surface area contributed by atoms with Crippen LogP contribution in [0.25, 0.3) is 11.3 Å². The van der Waals surface area contributed by atoms with Crippen molar-refractivity contribution in [1.82, 2.24) is 15.0 Å². The van der Waals surface area contributed by atoms with Crippen LogP contribution in [-0.2, 0) is 6.42 Å². The highest BCUT2D eigenvalue weighted by Crippen LogP contribution is 2.16. The van der Waals surface area contributed by atoms with E-state index in [4.69, 9.17) is 0 Å². The summed E-state index contributed by atoms with van der Waals surface area (Å²) in [4.78, 5) is 13.0. The molecule has 3 nitrogen and oxygen atoms in total. The standard InChI is InChI=1S/C12H13N3S/c1-9-7-11(10-3-2-5-13-8-10)15-12(14-9)4-6-16/h2-3,5,7-8,16H,4,6H2,1H3. The molecule has 0 unspecified atom stereocenters. The quantitative estimate of drug-likeness (QED) is 0.824. The Morgan fingerprint density at radius 2 is 2.19 bits per heavy atom. The van der Waals surface area contributed by atoms with Crippen molar-refractivity contribution in [2.75, 3.05) is 5.75 Å². The lowest BCUT2D eigenvalue weighted by molar-refractivity contribution is 0.929. The number of pyridine rings is 1. The van der Waals surface area contributed by atoms with Crippen LogP contribution in [0.15, 0.2) is 30.6 Å². The van der Waals surface area contributed by atoms with E-state index in [9.17, 15) is 0 Å². The molecule has 0 radical (unpaired) electrons. The van der Waals surface area contributed by atoms with Gasteiger partial charge in [-0.2, -0.15) is 12.6 Å². The maximum absolute atomic E-state index is 4.49. The van der Waals surface area contributed by atoms with Gasteiger partial charge in [-0.1, -0.05) is 0 Å². The van der Waals surface area contributed by atoms with E-state index in [1.165, 1.54) is 0 Å². The molecule has 0 saturated carbocycles. The molecule has 2 aromatic heterocycles. The molecule has 0 N–H and O–H groups in total. The van der Waals surface area contributed by atoms with Crippen molar-refractivity contribution in [2.24, 2.45) is 0 Å². The first-order valence-electron chi connectivity index (χ1n) is 5.15. The van der Waals surface area contributed by atoms with Crippen LogP contribution in [0, 0.1) is 6.92 Å². The Morgan fingerprint density at radius 3 is 2.88 bits per heavy atom. The molecule has 0 aliphatic heterocycles. The molecule has 4 heteroatoms. The summed E-state index contributed by atoms with van der Waals surface area (Å²) in [6.45, 7) is 1.98. The van der Waals surface area contributed by atoms with E-state index in [2.05, 4.69) is 27.6 Å². The minimum absolute atomic E-state index is 0.760. The summed E-state index contributed by atoms with van der Waals surface area (Å²) in [6.07, 6.45) is 4.36. The molecule has 0 bridgehead atoms. The molecule has 2 aromatic rings. The molecule has 0 aliphatic carbocycles. The predicted molar refractivity (Wildman–Crippen MR) is 67.6 cm³/mol. The molecule has 2 rings (SSSR count). The normalized spacial score (nSPS) is 10.4. The van der Waals surface area contributed by atoms with Crippen LogP contribution in [0.3, 0.4) is 0 Å². The van der Waals surface area contributed by atoms with Crippen LogP contribution in [0.1, 0.15) is 11.5 Å². The number of hydrogen-bond acceptors (Lipinski definition) is 4. The van der Waals surface area contributed by atoms with Gasteiger partial charge in [0.25, 0.3) is 0 Å². The van der Waals surface area contributed by atoms with E-state index in [1.807, 2.05) is 31.3 Å². The van der Waals surface area contributed by atoms with Crippen LogP contribution in [-0.4, -0.2) is 20.7 Å². The maximum Gasteiger partial charge on any atom is 0.130 e. The summed E-state index contributed by atoms with van der Waals surface area (Å²) >= 11 is 4.20. The highest BCUT2D eigenvalue weighted by molar-refractivity contribution is 7.80. The highest BCUT2D eigenvalue weighted by Gasteiger charge is 2.03. The van der Waals surface area contributed by atoms with E-state index in [0.717, 1.165) is 34.9 Å². The largest absolute Gasteiger partial charge is 0.264 e. The van der Waals surface area contributed by atoms with Crippen molar-refractivity contribution in [3.05, 3.63) is 42.1 Å². The maximum atomic E-state index is 4.49. The van der Waals surface area contributed by atoms with Crippen LogP contribution >= 0.6 is 12.6 Å². The lowest BCUT2D eigenvalue weighted by Gasteiger charge is -2.04. The lowest BCUT2D eigenvalue weighted by Crippen LogP contribution is -2.00. The molecule has 16 heavy (non-hydrogen) atoms. The molecule has 82 valence electrons. The average molecular weight is 231 g/mol. The molecule has 0 fully saturated rings. The van der Waals surface area contributed by atoms with E-state index in [-0.39, 0.29) is 0 Å². The Labute approximate surface area is 100 Å². The van der Waals surface area contributed by atoms with Gasteiger partial charge in [0, 0.05) is 30.1 Å². The number of aromatic nitrogens is 3. The van der Waals surface area contributed by atoms with Gasteiger partial charge in [-0.3, -0.25) is 4.98 Å². The van der Waals surface area contributed by atoms with Crippen LogP contribution in [0.2, 0.25) is 0 Å². The Morgan fingerprint density at radius 1 is 1.31 bits per heavy atom. The first kappa shape index (κ1) is 11.1. The Bertz CT molecular complexity index is 471. The van der Waals surface area contributed by atoms with Crippen molar-refractivity contribution in [2.45, 2.75) is 13.3 Å². The minimum atomic E-state index is 0.760. The van der Waals surface area contributed by atoms with Crippen LogP contribution in [0.4, 0.5) is 0 Å². The fraction of sp³-hybridized carbons (Fsp3) is 0.250. The smallest absolute Gasteiger partial charge is 0.130 e. The van der Waals surface area contributed by atoms with Crippen molar-refractivity contribution >= 4 is 12.6 Å². The summed E-state index contributed by atoms with van der Waals surface area (Å²) < 4.78 is 0. The van der Waals surface area contributed by atoms with Crippen molar-refractivity contribution in [1.29, 1.82) is 0 Å². The lowest BCUT2D eigenvalue weighted by atomic mass is 10.2. The molecule has 0 aliphatic rings. The number of thiol groups is 1. The SMILES string of the molecule is Cc1cc(-c2cccnc2)nc(CCS)n1. The summed E-state index contributed by atoms with van der Waals surface area (Å²) in [7, 11) is 0. The van der Waals surface area contributed by atoms with Crippen molar-refractivity contribution in [3.63, 3.8) is 0 Å². The number of rotatable bonds is 3. The summed E-state index contributed by atoms with van der Waals surface area (Å²) in [5.41, 5.74) is 2.93. The van der Waals surface area contributed by atoms with Gasteiger partial charge in [-0.05, 0) is 30.9 Å². The zero-order valence-electron chi connectivity index (χ0n) is 9.09. The average Bonchev–Trinajstić information content (AvgIpc) is 2.30. The van der Waals surface area contributed by atoms with E-state index in [1.54, 1.807) is 6.20 Å². The molecule has 0 saturated heterocycles. The van der Waals surface area contributed by atoms with E-state index >= 15 is 0 Å². The van der Waals surface area contributed by atoms with Gasteiger partial charge in [0.1, 0.15) is 5.82 Å². The second-order valence-corrected chi connectivity index (χ2v) is 3.97. The molecule has 0 aromatic carbocycles. The van der Waals surface area contributed by atoms with E-state index < -0.39 is 0 Å². The summed E-state index contributed by atoms with van der Waals surface area (Å²) in [5.74, 6) is 1.60. The van der Waals surface area contributed by atoms with Gasteiger partial charge in [-0.25, -0.2) is 9.97 Å². The molecule has 0 spiro atoms. The third-order valence-electron chi connectivity index (χ3n) is 2.19. The predicted octanol–water partition coefficient (Wildman–Crippen LogP) is 2.32. The van der Waals surface area contributed by atoms with Crippen molar-refractivity contribution < 1.29 is 0 Å². The zero-order chi connectivity index (χ0) is 11.4. The van der Waals surface area contributed by atoms with Gasteiger partial charge in [0.2, 0.25) is 0 Å². The van der Waals surface area contributed by atoms with Gasteiger partial charge < -0.3 is 0 Å². The van der Waals surface area contributed by atoms with Crippen LogP contribution in [0.5, 0.6) is 0 Å². The van der Waals surface area contributed by atoms with Crippen molar-refractivity contribution in [3.8, 4) is 11.3 Å². The molecule has 0 atom stereocenters. The Kier molecular flexibility index (Phi) is 3.51. The number of hydrogen-bond donors (Lipinski definition) is 1. The summed E-state index contributed by atoms with van der Waals surface area (Å²) in [6, 6.07) is 5.88. The Balaban J connectivity index is 2.41. The minimum Gasteiger partial charge on any atom is -0.264 e. The molecular weight excluding hydrogens is 218 g/mol.